The lowest BCUT2D eigenvalue weighted by molar-refractivity contribution is -0.118. The molecule has 25 heavy (non-hydrogen) atoms. The SMILES string of the molecule is CC(C)[C@H](NC(=O)NCCCC(N)=O)c1ccc2c(c1)OCCCO2. The molecule has 1 heterocycles. The van der Waals surface area contributed by atoms with Crippen LogP contribution in [0, 0.1) is 5.92 Å². The van der Waals surface area contributed by atoms with Crippen molar-refractivity contribution >= 4 is 11.9 Å². The number of nitrogens with one attached hydrogen (secondary N) is 2. The van der Waals surface area contributed by atoms with Gasteiger partial charge in [-0.15, -0.1) is 0 Å². The minimum absolute atomic E-state index is 0.159. The fourth-order valence-corrected chi connectivity index (χ4v) is 2.67. The van der Waals surface area contributed by atoms with E-state index >= 15 is 0 Å². The molecule has 1 aromatic carbocycles. The van der Waals surface area contributed by atoms with Crippen LogP contribution in [-0.2, 0) is 4.79 Å². The summed E-state index contributed by atoms with van der Waals surface area (Å²) in [7, 11) is 0. The van der Waals surface area contributed by atoms with Gasteiger partial charge >= 0.3 is 6.03 Å². The molecule has 1 aliphatic rings. The topological polar surface area (TPSA) is 103 Å². The number of carbonyl (C=O) groups is 2. The molecule has 0 fully saturated rings. The average Bonchev–Trinajstić information content (AvgIpc) is 2.80. The maximum absolute atomic E-state index is 12.1. The first kappa shape index (κ1) is 18.9. The summed E-state index contributed by atoms with van der Waals surface area (Å²) in [5.74, 6) is 1.28. The number of primary amides is 1. The summed E-state index contributed by atoms with van der Waals surface area (Å²) >= 11 is 0. The molecule has 0 radical (unpaired) electrons. The molecule has 0 aromatic heterocycles. The molecule has 3 amide bonds. The third kappa shape index (κ3) is 5.85. The lowest BCUT2D eigenvalue weighted by Crippen LogP contribution is -2.40. The molecule has 1 aliphatic heterocycles. The van der Waals surface area contributed by atoms with Gasteiger partial charge in [0.25, 0.3) is 0 Å². The van der Waals surface area contributed by atoms with Crippen LogP contribution in [-0.4, -0.2) is 31.7 Å². The molecule has 1 atom stereocenters. The Morgan fingerprint density at radius 1 is 1.20 bits per heavy atom. The molecule has 0 unspecified atom stereocenters. The van der Waals surface area contributed by atoms with Gasteiger partial charge in [-0.25, -0.2) is 4.79 Å². The zero-order chi connectivity index (χ0) is 18.2. The Labute approximate surface area is 148 Å². The highest BCUT2D eigenvalue weighted by Crippen LogP contribution is 2.34. The summed E-state index contributed by atoms with van der Waals surface area (Å²) in [4.78, 5) is 22.8. The van der Waals surface area contributed by atoms with E-state index in [0.29, 0.717) is 31.9 Å². The van der Waals surface area contributed by atoms with E-state index in [1.807, 2.05) is 32.0 Å². The second-order valence-electron chi connectivity index (χ2n) is 6.45. The summed E-state index contributed by atoms with van der Waals surface area (Å²) in [5.41, 5.74) is 6.05. The molecule has 0 aliphatic carbocycles. The van der Waals surface area contributed by atoms with Gasteiger partial charge in [0.1, 0.15) is 0 Å². The number of rotatable bonds is 7. The highest BCUT2D eigenvalue weighted by atomic mass is 16.5. The third-order valence-corrected chi connectivity index (χ3v) is 3.97. The second-order valence-corrected chi connectivity index (χ2v) is 6.45. The largest absolute Gasteiger partial charge is 0.490 e. The van der Waals surface area contributed by atoms with Crippen molar-refractivity contribution in [3.05, 3.63) is 23.8 Å². The van der Waals surface area contributed by atoms with E-state index < -0.39 is 0 Å². The molecule has 0 saturated heterocycles. The summed E-state index contributed by atoms with van der Waals surface area (Å²) in [6.07, 6.45) is 1.64. The summed E-state index contributed by atoms with van der Waals surface area (Å²) in [5, 5.41) is 5.73. The van der Waals surface area contributed by atoms with Crippen molar-refractivity contribution in [1.82, 2.24) is 10.6 Å². The zero-order valence-electron chi connectivity index (χ0n) is 14.8. The van der Waals surface area contributed by atoms with E-state index in [1.165, 1.54) is 0 Å². The van der Waals surface area contributed by atoms with E-state index in [0.717, 1.165) is 17.7 Å². The number of carbonyl (C=O) groups excluding carboxylic acids is 2. The van der Waals surface area contributed by atoms with Crippen LogP contribution in [0.15, 0.2) is 18.2 Å². The van der Waals surface area contributed by atoms with Crippen molar-refractivity contribution in [3.63, 3.8) is 0 Å². The van der Waals surface area contributed by atoms with Crippen LogP contribution >= 0.6 is 0 Å². The number of amides is 3. The van der Waals surface area contributed by atoms with Crippen molar-refractivity contribution in [1.29, 1.82) is 0 Å². The predicted octanol–water partition coefficient (Wildman–Crippen LogP) is 2.11. The normalized spacial score (nSPS) is 14.5. The Kier molecular flexibility index (Phi) is 6.91. The van der Waals surface area contributed by atoms with Crippen LogP contribution in [0.5, 0.6) is 11.5 Å². The van der Waals surface area contributed by atoms with Gasteiger partial charge < -0.3 is 25.8 Å². The fourth-order valence-electron chi connectivity index (χ4n) is 2.67. The lowest BCUT2D eigenvalue weighted by Gasteiger charge is -2.24. The fraction of sp³-hybridized carbons (Fsp3) is 0.556. The molecule has 7 nitrogen and oxygen atoms in total. The second kappa shape index (κ2) is 9.15. The minimum atomic E-state index is -0.366. The maximum atomic E-state index is 12.1. The number of urea groups is 1. The number of hydrogen-bond donors (Lipinski definition) is 3. The smallest absolute Gasteiger partial charge is 0.315 e. The number of benzene rings is 1. The number of hydrogen-bond acceptors (Lipinski definition) is 4. The number of ether oxygens (including phenoxy) is 2. The van der Waals surface area contributed by atoms with Gasteiger partial charge in [-0.2, -0.15) is 0 Å². The number of nitrogens with two attached hydrogens (primary N) is 1. The van der Waals surface area contributed by atoms with Gasteiger partial charge in [0, 0.05) is 19.4 Å². The summed E-state index contributed by atoms with van der Waals surface area (Å²) in [6, 6.07) is 5.34. The van der Waals surface area contributed by atoms with Crippen molar-refractivity contribution in [3.8, 4) is 11.5 Å². The Hall–Kier alpha value is -2.44. The molecular formula is C18H27N3O4. The first-order valence-corrected chi connectivity index (χ1v) is 8.69. The van der Waals surface area contributed by atoms with E-state index in [2.05, 4.69) is 10.6 Å². The molecule has 138 valence electrons. The minimum Gasteiger partial charge on any atom is -0.490 e. The van der Waals surface area contributed by atoms with Crippen LogP contribution in [0.1, 0.15) is 44.7 Å². The van der Waals surface area contributed by atoms with Crippen LogP contribution < -0.4 is 25.8 Å². The predicted molar refractivity (Wildman–Crippen MR) is 94.6 cm³/mol. The molecule has 0 saturated carbocycles. The van der Waals surface area contributed by atoms with Gasteiger partial charge in [-0.3, -0.25) is 4.79 Å². The van der Waals surface area contributed by atoms with E-state index in [-0.39, 0.29) is 30.3 Å². The Bertz CT molecular complexity index is 604. The van der Waals surface area contributed by atoms with E-state index in [9.17, 15) is 9.59 Å². The standard InChI is InChI=1S/C18H27N3O4/c1-12(2)17(21-18(23)20-8-3-5-16(19)22)13-6-7-14-15(11-13)25-10-4-9-24-14/h6-7,11-12,17H,3-5,8-10H2,1-2H3,(H2,19,22)(H2,20,21,23)/t17-/m0/s1. The zero-order valence-corrected chi connectivity index (χ0v) is 14.8. The van der Waals surface area contributed by atoms with Crippen molar-refractivity contribution in [2.75, 3.05) is 19.8 Å². The highest BCUT2D eigenvalue weighted by Gasteiger charge is 2.21. The first-order chi connectivity index (χ1) is 12.0. The van der Waals surface area contributed by atoms with Crippen LogP contribution in [0.2, 0.25) is 0 Å². The van der Waals surface area contributed by atoms with Crippen LogP contribution in [0.3, 0.4) is 0 Å². The molecule has 0 bridgehead atoms. The van der Waals surface area contributed by atoms with Gasteiger partial charge in [0.15, 0.2) is 11.5 Å². The lowest BCUT2D eigenvalue weighted by atomic mass is 9.96. The molecule has 2 rings (SSSR count). The first-order valence-electron chi connectivity index (χ1n) is 8.69. The third-order valence-electron chi connectivity index (χ3n) is 3.97. The van der Waals surface area contributed by atoms with Crippen molar-refractivity contribution < 1.29 is 19.1 Å². The summed E-state index contributed by atoms with van der Waals surface area (Å²) in [6.45, 7) is 5.76. The highest BCUT2D eigenvalue weighted by molar-refractivity contribution is 5.75. The molecule has 7 heteroatoms. The summed E-state index contributed by atoms with van der Waals surface area (Å²) < 4.78 is 11.4. The molecular weight excluding hydrogens is 322 g/mol. The van der Waals surface area contributed by atoms with Gasteiger partial charge in [-0.05, 0) is 30.0 Å². The molecule has 4 N–H and O–H groups in total. The van der Waals surface area contributed by atoms with Crippen molar-refractivity contribution in [2.24, 2.45) is 11.7 Å². The van der Waals surface area contributed by atoms with Crippen LogP contribution in [0.25, 0.3) is 0 Å². The van der Waals surface area contributed by atoms with E-state index in [1.54, 1.807) is 0 Å². The Morgan fingerprint density at radius 3 is 2.60 bits per heavy atom. The van der Waals surface area contributed by atoms with E-state index in [4.69, 9.17) is 15.2 Å². The molecule has 0 spiro atoms. The Morgan fingerprint density at radius 2 is 1.92 bits per heavy atom. The van der Waals surface area contributed by atoms with Gasteiger partial charge in [0.05, 0.1) is 19.3 Å². The van der Waals surface area contributed by atoms with Gasteiger partial charge in [0.2, 0.25) is 5.91 Å². The van der Waals surface area contributed by atoms with Crippen molar-refractivity contribution in [2.45, 2.75) is 39.2 Å². The van der Waals surface area contributed by atoms with Gasteiger partial charge in [-0.1, -0.05) is 19.9 Å². The number of fused-ring (bicyclic) bond motifs is 1. The maximum Gasteiger partial charge on any atom is 0.315 e. The molecule has 1 aromatic rings. The Balaban J connectivity index is 1.99. The van der Waals surface area contributed by atoms with Crippen LogP contribution in [0.4, 0.5) is 4.79 Å². The monoisotopic (exact) mass is 349 g/mol. The quantitative estimate of drug-likeness (QED) is 0.656. The average molecular weight is 349 g/mol.